The molecule has 5 rings (SSSR count). The summed E-state index contributed by atoms with van der Waals surface area (Å²) in [4.78, 5) is 0. The van der Waals surface area contributed by atoms with E-state index in [1.54, 1.807) is 6.07 Å². The maximum absolute atomic E-state index is 9.94. The van der Waals surface area contributed by atoms with Crippen LogP contribution in [0.15, 0.2) is 66.5 Å². The number of nitrogens with one attached hydrogen (secondary N) is 1. The summed E-state index contributed by atoms with van der Waals surface area (Å²) in [5, 5.41) is 16.1. The molecule has 1 heterocycles. The number of hydrogen-bond donors (Lipinski definition) is 2. The molecule has 2 aromatic carbocycles. The highest BCUT2D eigenvalue weighted by Crippen LogP contribution is 2.32. The molecular formula is C24H21NO. The Labute approximate surface area is 153 Å². The van der Waals surface area contributed by atoms with Gasteiger partial charge in [0.2, 0.25) is 0 Å². The van der Waals surface area contributed by atoms with Gasteiger partial charge in [-0.05, 0) is 76.2 Å². The maximum atomic E-state index is 9.94. The van der Waals surface area contributed by atoms with E-state index in [2.05, 4.69) is 47.8 Å². The second-order valence-electron chi connectivity index (χ2n) is 7.12. The molecule has 3 aliphatic rings. The Bertz CT molecular complexity index is 1100. The van der Waals surface area contributed by atoms with Gasteiger partial charge in [0.25, 0.3) is 0 Å². The normalized spacial score (nSPS) is 19.7. The Kier molecular flexibility index (Phi) is 3.56. The summed E-state index contributed by atoms with van der Waals surface area (Å²) in [5.74, 6) is 0.731. The highest BCUT2D eigenvalue weighted by atomic mass is 16.3. The van der Waals surface area contributed by atoms with Crippen molar-refractivity contribution < 1.29 is 5.11 Å². The molecule has 0 saturated heterocycles. The summed E-state index contributed by atoms with van der Waals surface area (Å²) in [6, 6.07) is 10.2. The monoisotopic (exact) mass is 339 g/mol. The van der Waals surface area contributed by atoms with E-state index < -0.39 is 0 Å². The van der Waals surface area contributed by atoms with Gasteiger partial charge in [-0.15, -0.1) is 0 Å². The average Bonchev–Trinajstić information content (AvgIpc) is 2.96. The lowest BCUT2D eigenvalue weighted by Crippen LogP contribution is -2.36. The van der Waals surface area contributed by atoms with Crippen molar-refractivity contribution in [3.05, 3.63) is 88.1 Å². The van der Waals surface area contributed by atoms with E-state index in [0.29, 0.717) is 11.7 Å². The third kappa shape index (κ3) is 2.41. The first-order valence-corrected chi connectivity index (χ1v) is 9.27. The minimum Gasteiger partial charge on any atom is -0.508 e. The molecule has 0 radical (unpaired) electrons. The van der Waals surface area contributed by atoms with Gasteiger partial charge in [0.1, 0.15) is 5.75 Å². The third-order valence-corrected chi connectivity index (χ3v) is 5.63. The van der Waals surface area contributed by atoms with Crippen molar-refractivity contribution >= 4 is 12.2 Å². The van der Waals surface area contributed by atoms with E-state index in [-0.39, 0.29) is 0 Å². The molecular weight excluding hydrogens is 318 g/mol. The molecule has 128 valence electrons. The molecule has 0 spiro atoms. The van der Waals surface area contributed by atoms with Crippen molar-refractivity contribution in [2.75, 3.05) is 0 Å². The molecule has 2 N–H and O–H groups in total. The van der Waals surface area contributed by atoms with Crippen LogP contribution in [-0.2, 0) is 6.42 Å². The third-order valence-electron chi connectivity index (χ3n) is 5.63. The van der Waals surface area contributed by atoms with E-state index in [1.165, 1.54) is 38.4 Å². The zero-order chi connectivity index (χ0) is 17.5. The highest BCUT2D eigenvalue weighted by molar-refractivity contribution is 5.75. The fraction of sp³-hybridized carbons (Fsp3) is 0.167. The summed E-state index contributed by atoms with van der Waals surface area (Å²) in [7, 11) is 0. The predicted octanol–water partition coefficient (Wildman–Crippen LogP) is 3.61. The number of allylic oxidation sites excluding steroid dienone is 5. The molecule has 2 heteroatoms. The van der Waals surface area contributed by atoms with Crippen LogP contribution >= 0.6 is 0 Å². The number of phenols is 1. The number of hydrogen-bond acceptors (Lipinski definition) is 2. The van der Waals surface area contributed by atoms with Gasteiger partial charge in [0.15, 0.2) is 0 Å². The van der Waals surface area contributed by atoms with Crippen LogP contribution < -0.4 is 15.8 Å². The molecule has 0 amide bonds. The van der Waals surface area contributed by atoms with E-state index >= 15 is 0 Å². The fourth-order valence-electron chi connectivity index (χ4n) is 4.41. The predicted molar refractivity (Wildman–Crippen MR) is 107 cm³/mol. The SMILES string of the molecule is Oc1ccc2c(c1)-c1ccc3c(c1=CC2)=CCCC3C1=CC=CC=CN1. The van der Waals surface area contributed by atoms with Gasteiger partial charge in [-0.25, -0.2) is 0 Å². The average molecular weight is 339 g/mol. The van der Waals surface area contributed by atoms with Crippen LogP contribution in [0.25, 0.3) is 23.3 Å². The van der Waals surface area contributed by atoms with Crippen LogP contribution in [0.5, 0.6) is 5.75 Å². The summed E-state index contributed by atoms with van der Waals surface area (Å²) in [6.07, 6.45) is 18.3. The topological polar surface area (TPSA) is 32.3 Å². The lowest BCUT2D eigenvalue weighted by Gasteiger charge is -2.26. The van der Waals surface area contributed by atoms with E-state index in [4.69, 9.17) is 0 Å². The largest absolute Gasteiger partial charge is 0.508 e. The number of rotatable bonds is 1. The Hall–Kier alpha value is -3.00. The number of benzene rings is 2. The van der Waals surface area contributed by atoms with Crippen molar-refractivity contribution in [1.29, 1.82) is 0 Å². The van der Waals surface area contributed by atoms with Gasteiger partial charge in [0, 0.05) is 17.8 Å². The lowest BCUT2D eigenvalue weighted by molar-refractivity contribution is 0.475. The van der Waals surface area contributed by atoms with Crippen LogP contribution in [0.4, 0.5) is 0 Å². The molecule has 2 aliphatic carbocycles. The van der Waals surface area contributed by atoms with Crippen molar-refractivity contribution in [3.63, 3.8) is 0 Å². The minimum atomic E-state index is 0.336. The van der Waals surface area contributed by atoms with Crippen LogP contribution in [0.1, 0.15) is 29.9 Å². The van der Waals surface area contributed by atoms with Gasteiger partial charge in [0.05, 0.1) is 0 Å². The van der Waals surface area contributed by atoms with Crippen LogP contribution in [-0.4, -0.2) is 5.11 Å². The number of phenolic OH excluding ortho intramolecular Hbond substituents is 1. The van der Waals surface area contributed by atoms with Crippen molar-refractivity contribution in [3.8, 4) is 16.9 Å². The van der Waals surface area contributed by atoms with Gasteiger partial charge < -0.3 is 10.4 Å². The zero-order valence-corrected chi connectivity index (χ0v) is 14.6. The Morgan fingerprint density at radius 1 is 0.923 bits per heavy atom. The quantitative estimate of drug-likeness (QED) is 0.832. The first kappa shape index (κ1) is 15.3. The van der Waals surface area contributed by atoms with Crippen LogP contribution in [0.2, 0.25) is 0 Å². The Morgan fingerprint density at radius 2 is 1.88 bits per heavy atom. The molecule has 2 aromatic rings. The molecule has 0 aromatic heterocycles. The van der Waals surface area contributed by atoms with Crippen molar-refractivity contribution in [2.45, 2.75) is 25.2 Å². The molecule has 26 heavy (non-hydrogen) atoms. The number of aromatic hydroxyl groups is 1. The summed E-state index contributed by atoms with van der Waals surface area (Å²) in [5.41, 5.74) is 6.35. The summed E-state index contributed by atoms with van der Waals surface area (Å²) >= 11 is 0. The van der Waals surface area contributed by atoms with Crippen LogP contribution in [0, 0.1) is 0 Å². The molecule has 0 fully saturated rings. The van der Waals surface area contributed by atoms with Crippen molar-refractivity contribution in [1.82, 2.24) is 5.32 Å². The van der Waals surface area contributed by atoms with Gasteiger partial charge >= 0.3 is 0 Å². The molecule has 1 unspecified atom stereocenters. The Morgan fingerprint density at radius 3 is 2.85 bits per heavy atom. The number of fused-ring (bicyclic) bond motifs is 5. The molecule has 0 saturated carbocycles. The smallest absolute Gasteiger partial charge is 0.116 e. The van der Waals surface area contributed by atoms with Gasteiger partial charge in [-0.1, -0.05) is 42.5 Å². The second-order valence-corrected chi connectivity index (χ2v) is 7.12. The van der Waals surface area contributed by atoms with E-state index in [0.717, 1.165) is 19.3 Å². The molecule has 0 bridgehead atoms. The van der Waals surface area contributed by atoms with Crippen LogP contribution in [0.3, 0.4) is 0 Å². The van der Waals surface area contributed by atoms with Crippen molar-refractivity contribution in [2.24, 2.45) is 0 Å². The Balaban J connectivity index is 1.68. The van der Waals surface area contributed by atoms with E-state index in [1.807, 2.05) is 24.4 Å². The first-order valence-electron chi connectivity index (χ1n) is 9.27. The highest BCUT2D eigenvalue weighted by Gasteiger charge is 2.22. The maximum Gasteiger partial charge on any atom is 0.116 e. The standard InChI is InChI=1S/C24H21NO/c26-17-10-8-16-9-11-19-18-5-4-6-22(24-7-2-1-3-14-25-24)20(18)12-13-21(19)23(16)15-17/h1-3,5,7-8,10-15,22,25-26H,4,6,9H2. The first-order chi connectivity index (χ1) is 12.8. The molecule has 2 nitrogen and oxygen atoms in total. The minimum absolute atomic E-state index is 0.336. The van der Waals surface area contributed by atoms with Gasteiger partial charge in [-0.3, -0.25) is 0 Å². The lowest BCUT2D eigenvalue weighted by atomic mass is 9.81. The van der Waals surface area contributed by atoms with E-state index in [9.17, 15) is 5.11 Å². The molecule has 1 aliphatic heterocycles. The molecule has 1 atom stereocenters. The summed E-state index contributed by atoms with van der Waals surface area (Å²) < 4.78 is 0. The fourth-order valence-corrected chi connectivity index (χ4v) is 4.41. The zero-order valence-electron chi connectivity index (χ0n) is 14.6. The van der Waals surface area contributed by atoms with Gasteiger partial charge in [-0.2, -0.15) is 0 Å². The second kappa shape index (κ2) is 6.06. The summed E-state index contributed by atoms with van der Waals surface area (Å²) in [6.45, 7) is 0.